The minimum absolute atomic E-state index is 0.261. The predicted molar refractivity (Wildman–Crippen MR) is 80.5 cm³/mol. The van der Waals surface area contributed by atoms with Gasteiger partial charge < -0.3 is 9.88 Å². The Morgan fingerprint density at radius 1 is 1.19 bits per heavy atom. The molecule has 1 fully saturated rings. The molecule has 0 spiro atoms. The van der Waals surface area contributed by atoms with Crippen LogP contribution in [-0.2, 0) is 20.6 Å². The minimum Gasteiger partial charge on any atom is -0.322 e. The van der Waals surface area contributed by atoms with Crippen LogP contribution in [0.4, 0.5) is 0 Å². The fraction of sp³-hybridized carbons (Fsp3) is 0.643. The van der Waals surface area contributed by atoms with Crippen LogP contribution in [-0.4, -0.2) is 31.8 Å². The van der Waals surface area contributed by atoms with Crippen LogP contribution in [0.25, 0.3) is 11.2 Å². The van der Waals surface area contributed by atoms with E-state index in [0.717, 1.165) is 42.9 Å². The number of nitrogens with one attached hydrogen (secondary N) is 1. The topological polar surface area (TPSA) is 73.8 Å². The molecule has 0 bridgehead atoms. The molecule has 21 heavy (non-hydrogen) atoms. The van der Waals surface area contributed by atoms with Crippen molar-refractivity contribution < 1.29 is 0 Å². The van der Waals surface area contributed by atoms with E-state index in [1.807, 2.05) is 11.5 Å². The lowest BCUT2D eigenvalue weighted by Crippen LogP contribution is -2.38. The lowest BCUT2D eigenvalue weighted by atomic mass is 9.98. The molecule has 2 aromatic heterocycles. The first-order valence-electron chi connectivity index (χ1n) is 7.34. The van der Waals surface area contributed by atoms with Gasteiger partial charge in [-0.25, -0.2) is 9.78 Å². The molecule has 114 valence electrons. The third kappa shape index (κ3) is 2.21. The molecule has 0 unspecified atom stereocenters. The highest BCUT2D eigenvalue weighted by Crippen LogP contribution is 2.18. The van der Waals surface area contributed by atoms with Crippen molar-refractivity contribution in [3.05, 3.63) is 26.7 Å². The number of nitrogens with zero attached hydrogens (tertiary/aromatic N) is 4. The van der Waals surface area contributed by atoms with Crippen LogP contribution in [0.15, 0.2) is 9.59 Å². The Kier molecular flexibility index (Phi) is 3.44. The van der Waals surface area contributed by atoms with Gasteiger partial charge in [0, 0.05) is 20.6 Å². The lowest BCUT2D eigenvalue weighted by molar-refractivity contribution is 0.334. The Bertz CT molecular complexity index is 792. The minimum atomic E-state index is -0.334. The first kappa shape index (κ1) is 14.1. The van der Waals surface area contributed by atoms with Crippen molar-refractivity contribution in [3.8, 4) is 0 Å². The molecule has 0 atom stereocenters. The zero-order chi connectivity index (χ0) is 15.1. The number of fused-ring (bicyclic) bond motifs is 1. The maximum Gasteiger partial charge on any atom is 0.332 e. The van der Waals surface area contributed by atoms with E-state index in [2.05, 4.69) is 10.3 Å². The van der Waals surface area contributed by atoms with Gasteiger partial charge in [0.05, 0.1) is 0 Å². The molecule has 0 amide bonds. The van der Waals surface area contributed by atoms with Crippen LogP contribution in [0.1, 0.15) is 18.7 Å². The maximum absolute atomic E-state index is 12.5. The Labute approximate surface area is 122 Å². The van der Waals surface area contributed by atoms with Crippen molar-refractivity contribution in [2.75, 3.05) is 13.1 Å². The largest absolute Gasteiger partial charge is 0.332 e. The summed E-state index contributed by atoms with van der Waals surface area (Å²) in [5, 5.41) is 3.35. The van der Waals surface area contributed by atoms with Gasteiger partial charge >= 0.3 is 5.69 Å². The second-order valence-corrected chi connectivity index (χ2v) is 5.84. The van der Waals surface area contributed by atoms with Crippen molar-refractivity contribution in [1.82, 2.24) is 24.0 Å². The highest BCUT2D eigenvalue weighted by atomic mass is 16.2. The maximum atomic E-state index is 12.5. The summed E-state index contributed by atoms with van der Waals surface area (Å²) in [6, 6.07) is 0. The molecule has 1 N–H and O–H groups in total. The number of hydrogen-bond donors (Lipinski definition) is 1. The van der Waals surface area contributed by atoms with Crippen LogP contribution in [0.2, 0.25) is 0 Å². The molecule has 0 aliphatic carbocycles. The first-order chi connectivity index (χ1) is 10.0. The van der Waals surface area contributed by atoms with Crippen LogP contribution in [0.3, 0.4) is 0 Å². The Hall–Kier alpha value is -1.89. The second kappa shape index (κ2) is 5.14. The van der Waals surface area contributed by atoms with Crippen LogP contribution >= 0.6 is 0 Å². The summed E-state index contributed by atoms with van der Waals surface area (Å²) in [7, 11) is 3.17. The van der Waals surface area contributed by atoms with E-state index in [0.29, 0.717) is 17.1 Å². The predicted octanol–water partition coefficient (Wildman–Crippen LogP) is -0.258. The van der Waals surface area contributed by atoms with E-state index in [1.54, 1.807) is 7.05 Å². The second-order valence-electron chi connectivity index (χ2n) is 5.84. The van der Waals surface area contributed by atoms with Crippen LogP contribution in [0.5, 0.6) is 0 Å². The van der Waals surface area contributed by atoms with Crippen molar-refractivity contribution >= 4 is 11.2 Å². The zero-order valence-corrected chi connectivity index (χ0v) is 12.7. The third-order valence-corrected chi connectivity index (χ3v) is 4.44. The average molecular weight is 291 g/mol. The number of imidazole rings is 1. The van der Waals surface area contributed by atoms with Gasteiger partial charge in [-0.2, -0.15) is 0 Å². The first-order valence-corrected chi connectivity index (χ1v) is 7.34. The van der Waals surface area contributed by atoms with E-state index in [9.17, 15) is 9.59 Å². The van der Waals surface area contributed by atoms with Crippen LogP contribution < -0.4 is 16.6 Å². The molecule has 1 saturated heterocycles. The van der Waals surface area contributed by atoms with E-state index in [-0.39, 0.29) is 11.2 Å². The van der Waals surface area contributed by atoms with Crippen molar-refractivity contribution in [3.63, 3.8) is 0 Å². The quantitative estimate of drug-likeness (QED) is 0.827. The van der Waals surface area contributed by atoms with Gasteiger partial charge in [-0.05, 0) is 38.8 Å². The van der Waals surface area contributed by atoms with Gasteiger partial charge in [-0.15, -0.1) is 0 Å². The SMILES string of the molecule is Cc1nc2c(c(=O)n(C)c(=O)n2C)n1CC1CCNCC1. The van der Waals surface area contributed by atoms with Crippen molar-refractivity contribution in [2.45, 2.75) is 26.3 Å². The van der Waals surface area contributed by atoms with Crippen molar-refractivity contribution in [2.24, 2.45) is 20.0 Å². The fourth-order valence-electron chi connectivity index (χ4n) is 3.10. The molecule has 0 aromatic carbocycles. The smallest absolute Gasteiger partial charge is 0.322 e. The molecule has 0 radical (unpaired) electrons. The number of aromatic nitrogens is 4. The summed E-state index contributed by atoms with van der Waals surface area (Å²) < 4.78 is 4.58. The van der Waals surface area contributed by atoms with Gasteiger partial charge in [0.25, 0.3) is 5.56 Å². The molecule has 7 nitrogen and oxygen atoms in total. The van der Waals surface area contributed by atoms with E-state index in [4.69, 9.17) is 0 Å². The number of piperidine rings is 1. The average Bonchev–Trinajstić information content (AvgIpc) is 2.81. The van der Waals surface area contributed by atoms with Gasteiger partial charge in [0.15, 0.2) is 11.2 Å². The highest BCUT2D eigenvalue weighted by Gasteiger charge is 2.20. The van der Waals surface area contributed by atoms with E-state index in [1.165, 1.54) is 11.6 Å². The summed E-state index contributed by atoms with van der Waals surface area (Å²) in [5.74, 6) is 1.34. The molecular formula is C14H21N5O2. The standard InChI is InChI=1S/C14H21N5O2/c1-9-16-12-11(13(20)18(3)14(21)17(12)2)19(9)8-10-4-6-15-7-5-10/h10,15H,4-8H2,1-3H3. The molecule has 1 aliphatic heterocycles. The number of aryl methyl sites for hydroxylation is 2. The molecule has 3 heterocycles. The summed E-state index contributed by atoms with van der Waals surface area (Å²) >= 11 is 0. The Morgan fingerprint density at radius 2 is 1.86 bits per heavy atom. The highest BCUT2D eigenvalue weighted by molar-refractivity contribution is 5.70. The summed E-state index contributed by atoms with van der Waals surface area (Å²) in [6.07, 6.45) is 2.20. The molecule has 2 aromatic rings. The van der Waals surface area contributed by atoms with Gasteiger partial charge in [-0.1, -0.05) is 0 Å². The van der Waals surface area contributed by atoms with E-state index < -0.39 is 0 Å². The molecule has 3 rings (SSSR count). The van der Waals surface area contributed by atoms with Gasteiger partial charge in [0.2, 0.25) is 0 Å². The van der Waals surface area contributed by atoms with E-state index >= 15 is 0 Å². The van der Waals surface area contributed by atoms with Crippen molar-refractivity contribution in [1.29, 1.82) is 0 Å². The zero-order valence-electron chi connectivity index (χ0n) is 12.7. The molecular weight excluding hydrogens is 270 g/mol. The summed E-state index contributed by atoms with van der Waals surface area (Å²) in [6.45, 7) is 4.72. The molecule has 0 saturated carbocycles. The molecule has 1 aliphatic rings. The summed E-state index contributed by atoms with van der Waals surface area (Å²) in [4.78, 5) is 28.9. The van der Waals surface area contributed by atoms with Gasteiger partial charge in [-0.3, -0.25) is 13.9 Å². The monoisotopic (exact) mass is 291 g/mol. The lowest BCUT2D eigenvalue weighted by Gasteiger charge is -2.23. The third-order valence-electron chi connectivity index (χ3n) is 4.44. The van der Waals surface area contributed by atoms with Crippen LogP contribution in [0, 0.1) is 12.8 Å². The summed E-state index contributed by atoms with van der Waals surface area (Å²) in [5.41, 5.74) is 0.423. The fourth-order valence-corrected chi connectivity index (χ4v) is 3.10. The number of rotatable bonds is 2. The molecule has 7 heteroatoms. The Balaban J connectivity index is 2.16. The van der Waals surface area contributed by atoms with Gasteiger partial charge in [0.1, 0.15) is 5.82 Å². The number of hydrogen-bond acceptors (Lipinski definition) is 4. The normalized spacial score (nSPS) is 16.7. The Morgan fingerprint density at radius 3 is 2.52 bits per heavy atom.